The first-order valence-electron chi connectivity index (χ1n) is 12.0. The molecule has 0 bridgehead atoms. The van der Waals surface area contributed by atoms with Crippen molar-refractivity contribution in [1.29, 1.82) is 0 Å². The summed E-state index contributed by atoms with van der Waals surface area (Å²) in [4.78, 5) is 21.1. The van der Waals surface area contributed by atoms with Crippen LogP contribution in [0.3, 0.4) is 0 Å². The van der Waals surface area contributed by atoms with Gasteiger partial charge in [0.1, 0.15) is 5.75 Å². The number of carbonyl (C=O) groups excluding carboxylic acids is 1. The van der Waals surface area contributed by atoms with E-state index in [0.29, 0.717) is 13.1 Å². The number of carbonyl (C=O) groups is 1. The zero-order valence-electron chi connectivity index (χ0n) is 20.0. The number of anilines is 1. The Hall–Kier alpha value is -3.90. The van der Waals surface area contributed by atoms with Crippen LogP contribution in [-0.4, -0.2) is 42.5 Å². The Labute approximate surface area is 206 Å². The van der Waals surface area contributed by atoms with Crippen LogP contribution in [0.15, 0.2) is 85.1 Å². The molecular weight excluding hydrogens is 436 g/mol. The molecule has 0 atom stereocenters. The summed E-state index contributed by atoms with van der Waals surface area (Å²) in [6.07, 6.45) is 1.83. The van der Waals surface area contributed by atoms with Gasteiger partial charge in [-0.3, -0.25) is 9.78 Å². The second kappa shape index (κ2) is 10.6. The number of piperazine rings is 1. The summed E-state index contributed by atoms with van der Waals surface area (Å²) in [7, 11) is 1.69. The van der Waals surface area contributed by atoms with Crippen molar-refractivity contribution in [1.82, 2.24) is 15.2 Å². The number of hydrogen-bond donors (Lipinski definition) is 1. The number of rotatable bonds is 8. The van der Waals surface area contributed by atoms with Crippen molar-refractivity contribution in [3.05, 3.63) is 102 Å². The molecule has 5 rings (SSSR count). The van der Waals surface area contributed by atoms with Crippen LogP contribution >= 0.6 is 0 Å². The van der Waals surface area contributed by atoms with Crippen LogP contribution in [0.5, 0.6) is 5.75 Å². The number of amides is 1. The van der Waals surface area contributed by atoms with Gasteiger partial charge < -0.3 is 19.9 Å². The van der Waals surface area contributed by atoms with Crippen molar-refractivity contribution >= 4 is 22.5 Å². The van der Waals surface area contributed by atoms with Gasteiger partial charge in [-0.15, -0.1) is 0 Å². The van der Waals surface area contributed by atoms with E-state index in [1.807, 2.05) is 29.3 Å². The zero-order valence-corrected chi connectivity index (χ0v) is 20.0. The maximum Gasteiger partial charge on any atom is 0.236 e. The van der Waals surface area contributed by atoms with Crippen LogP contribution in [0.2, 0.25) is 0 Å². The van der Waals surface area contributed by atoms with Gasteiger partial charge in [-0.2, -0.15) is 0 Å². The highest BCUT2D eigenvalue weighted by atomic mass is 16.5. The van der Waals surface area contributed by atoms with Gasteiger partial charge in [0.15, 0.2) is 0 Å². The SMILES string of the molecule is COc1cccc(CN(Cc2ccc3cccnc3c2)c2cccc(CN3CCNCC3=O)c2)c1. The minimum Gasteiger partial charge on any atom is -0.497 e. The van der Waals surface area contributed by atoms with E-state index in [4.69, 9.17) is 4.74 Å². The molecule has 0 spiro atoms. The standard InChI is InChI=1S/C29H30N4O2/c1-35-27-9-3-6-23(16-27)20-33(21-24-10-11-25-7-4-12-31-28(25)17-24)26-8-2-5-22(15-26)19-32-14-13-30-18-29(32)34/h2-12,15-17,30H,13-14,18-21H2,1H3. The fraction of sp³-hybridized carbons (Fsp3) is 0.241. The lowest BCUT2D eigenvalue weighted by Gasteiger charge is -2.29. The molecule has 1 amide bonds. The second-order valence-electron chi connectivity index (χ2n) is 8.90. The zero-order chi connectivity index (χ0) is 24.0. The third-order valence-corrected chi connectivity index (χ3v) is 6.39. The number of benzene rings is 3. The largest absolute Gasteiger partial charge is 0.497 e. The molecule has 1 saturated heterocycles. The monoisotopic (exact) mass is 466 g/mol. The van der Waals surface area contributed by atoms with E-state index >= 15 is 0 Å². The average Bonchev–Trinajstić information content (AvgIpc) is 2.90. The number of fused-ring (bicyclic) bond motifs is 1. The molecule has 1 fully saturated rings. The lowest BCUT2D eigenvalue weighted by Crippen LogP contribution is -2.47. The number of methoxy groups -OCH3 is 1. The van der Waals surface area contributed by atoms with Gasteiger partial charge in [0, 0.05) is 50.0 Å². The maximum atomic E-state index is 12.3. The van der Waals surface area contributed by atoms with Crippen molar-refractivity contribution < 1.29 is 9.53 Å². The second-order valence-corrected chi connectivity index (χ2v) is 8.90. The number of nitrogens with one attached hydrogen (secondary N) is 1. The first-order valence-corrected chi connectivity index (χ1v) is 12.0. The third kappa shape index (κ3) is 5.61. The molecule has 1 aromatic heterocycles. The smallest absolute Gasteiger partial charge is 0.236 e. The van der Waals surface area contributed by atoms with Crippen LogP contribution in [0.4, 0.5) is 5.69 Å². The molecule has 2 heterocycles. The Bertz CT molecular complexity index is 1320. The highest BCUT2D eigenvalue weighted by Gasteiger charge is 2.18. The number of pyridine rings is 1. The van der Waals surface area contributed by atoms with Gasteiger partial charge in [-0.1, -0.05) is 42.5 Å². The first kappa shape index (κ1) is 22.9. The summed E-state index contributed by atoms with van der Waals surface area (Å²) >= 11 is 0. The summed E-state index contributed by atoms with van der Waals surface area (Å²) in [5.41, 5.74) is 5.62. The predicted octanol–water partition coefficient (Wildman–Crippen LogP) is 4.38. The van der Waals surface area contributed by atoms with Crippen molar-refractivity contribution in [2.45, 2.75) is 19.6 Å². The molecule has 1 aliphatic heterocycles. The Morgan fingerprint density at radius 1 is 0.943 bits per heavy atom. The van der Waals surface area contributed by atoms with Crippen LogP contribution < -0.4 is 15.0 Å². The summed E-state index contributed by atoms with van der Waals surface area (Å²) < 4.78 is 5.45. The maximum absolute atomic E-state index is 12.3. The molecular formula is C29H30N4O2. The molecule has 0 aliphatic carbocycles. The Balaban J connectivity index is 1.44. The van der Waals surface area contributed by atoms with Crippen LogP contribution in [0.1, 0.15) is 16.7 Å². The first-order chi connectivity index (χ1) is 17.2. The quantitative estimate of drug-likeness (QED) is 0.418. The third-order valence-electron chi connectivity index (χ3n) is 6.39. The van der Waals surface area contributed by atoms with E-state index in [2.05, 4.69) is 75.9 Å². The molecule has 6 heteroatoms. The topological polar surface area (TPSA) is 57.7 Å². The number of nitrogens with zero attached hydrogens (tertiary/aromatic N) is 3. The van der Waals surface area contributed by atoms with Crippen LogP contribution in [-0.2, 0) is 24.4 Å². The number of ether oxygens (including phenoxy) is 1. The van der Waals surface area contributed by atoms with Crippen molar-refractivity contribution in [2.24, 2.45) is 0 Å². The highest BCUT2D eigenvalue weighted by molar-refractivity contribution is 5.79. The Morgan fingerprint density at radius 2 is 1.77 bits per heavy atom. The van der Waals surface area contributed by atoms with Gasteiger partial charge in [0.25, 0.3) is 0 Å². The normalized spacial score (nSPS) is 13.7. The summed E-state index contributed by atoms with van der Waals surface area (Å²) in [6, 6.07) is 27.2. The fourth-order valence-electron chi connectivity index (χ4n) is 4.55. The van der Waals surface area contributed by atoms with E-state index < -0.39 is 0 Å². The van der Waals surface area contributed by atoms with E-state index in [1.54, 1.807) is 7.11 Å². The van der Waals surface area contributed by atoms with E-state index in [0.717, 1.165) is 54.1 Å². The molecule has 3 aromatic carbocycles. The van der Waals surface area contributed by atoms with Gasteiger partial charge in [0.05, 0.1) is 19.2 Å². The van der Waals surface area contributed by atoms with Gasteiger partial charge in [-0.25, -0.2) is 0 Å². The predicted molar refractivity (Wildman–Crippen MR) is 139 cm³/mol. The molecule has 6 nitrogen and oxygen atoms in total. The Morgan fingerprint density at radius 3 is 2.63 bits per heavy atom. The number of hydrogen-bond acceptors (Lipinski definition) is 5. The van der Waals surface area contributed by atoms with Crippen molar-refractivity contribution in [3.63, 3.8) is 0 Å². The minimum absolute atomic E-state index is 0.151. The average molecular weight is 467 g/mol. The van der Waals surface area contributed by atoms with E-state index in [-0.39, 0.29) is 5.91 Å². The van der Waals surface area contributed by atoms with Gasteiger partial charge in [0.2, 0.25) is 5.91 Å². The Kier molecular flexibility index (Phi) is 6.91. The molecule has 1 N–H and O–H groups in total. The van der Waals surface area contributed by atoms with Gasteiger partial charge >= 0.3 is 0 Å². The lowest BCUT2D eigenvalue weighted by atomic mass is 10.1. The molecule has 4 aromatic rings. The van der Waals surface area contributed by atoms with Crippen molar-refractivity contribution in [2.75, 3.05) is 31.6 Å². The molecule has 1 aliphatic rings. The van der Waals surface area contributed by atoms with E-state index in [1.165, 1.54) is 11.1 Å². The van der Waals surface area contributed by atoms with Crippen molar-refractivity contribution in [3.8, 4) is 5.75 Å². The summed E-state index contributed by atoms with van der Waals surface area (Å²) in [6.45, 7) is 4.08. The summed E-state index contributed by atoms with van der Waals surface area (Å²) in [5, 5.41) is 4.28. The van der Waals surface area contributed by atoms with Crippen LogP contribution in [0.25, 0.3) is 10.9 Å². The van der Waals surface area contributed by atoms with Crippen LogP contribution in [0, 0.1) is 0 Å². The highest BCUT2D eigenvalue weighted by Crippen LogP contribution is 2.25. The number of aromatic nitrogens is 1. The van der Waals surface area contributed by atoms with E-state index in [9.17, 15) is 4.79 Å². The lowest BCUT2D eigenvalue weighted by molar-refractivity contribution is -0.132. The molecule has 35 heavy (non-hydrogen) atoms. The molecule has 0 saturated carbocycles. The molecule has 0 radical (unpaired) electrons. The van der Waals surface area contributed by atoms with Gasteiger partial charge in [-0.05, 0) is 53.1 Å². The minimum atomic E-state index is 0.151. The summed E-state index contributed by atoms with van der Waals surface area (Å²) in [5.74, 6) is 1.00. The fourth-order valence-corrected chi connectivity index (χ4v) is 4.55. The molecule has 0 unspecified atom stereocenters. The molecule has 178 valence electrons.